The number of H-pyrrole nitrogens is 1. The number of hydrogen-bond donors (Lipinski definition) is 1. The van der Waals surface area contributed by atoms with E-state index in [9.17, 15) is 4.79 Å². The number of aryl methyl sites for hydroxylation is 1. The molecule has 0 radical (unpaired) electrons. The summed E-state index contributed by atoms with van der Waals surface area (Å²) < 4.78 is 0.545. The Morgan fingerprint density at radius 2 is 2.27 bits per heavy atom. The molecule has 0 saturated heterocycles. The van der Waals surface area contributed by atoms with Crippen molar-refractivity contribution in [3.8, 4) is 0 Å². The predicted molar refractivity (Wildman–Crippen MR) is 44.6 cm³/mol. The minimum absolute atomic E-state index is 0.0133. The van der Waals surface area contributed by atoms with Crippen LogP contribution in [0.2, 0.25) is 0 Å². The number of fused-ring (bicyclic) bond motifs is 1. The van der Waals surface area contributed by atoms with Gasteiger partial charge in [-0.05, 0) is 35.2 Å². The average Bonchev–Trinajstić information content (AvgIpc) is 2.34. The molecule has 0 fully saturated rings. The van der Waals surface area contributed by atoms with Crippen molar-refractivity contribution in [1.82, 2.24) is 9.97 Å². The molecule has 0 aliphatic heterocycles. The Hall–Kier alpha value is -0.640. The van der Waals surface area contributed by atoms with Crippen LogP contribution in [-0.4, -0.2) is 9.97 Å². The molecule has 1 aromatic heterocycles. The van der Waals surface area contributed by atoms with E-state index in [1.54, 1.807) is 0 Å². The second-order valence-electron chi connectivity index (χ2n) is 2.64. The van der Waals surface area contributed by atoms with Crippen LogP contribution in [0.15, 0.2) is 9.53 Å². The zero-order valence-corrected chi connectivity index (χ0v) is 7.44. The molecule has 4 heteroatoms. The number of aromatic nitrogens is 2. The third-order valence-electron chi connectivity index (χ3n) is 1.91. The van der Waals surface area contributed by atoms with E-state index in [1.807, 2.05) is 0 Å². The molecular formula is C7H7BrN2O. The van der Waals surface area contributed by atoms with E-state index in [4.69, 9.17) is 0 Å². The second-order valence-corrected chi connectivity index (χ2v) is 3.39. The molecule has 0 spiro atoms. The van der Waals surface area contributed by atoms with Gasteiger partial charge >= 0.3 is 0 Å². The van der Waals surface area contributed by atoms with Crippen molar-refractivity contribution in [1.29, 1.82) is 0 Å². The second kappa shape index (κ2) is 2.44. The van der Waals surface area contributed by atoms with Crippen LogP contribution in [0.4, 0.5) is 0 Å². The van der Waals surface area contributed by atoms with Crippen LogP contribution >= 0.6 is 15.9 Å². The van der Waals surface area contributed by atoms with Gasteiger partial charge in [-0.25, -0.2) is 4.98 Å². The first kappa shape index (κ1) is 7.03. The molecule has 0 saturated carbocycles. The van der Waals surface area contributed by atoms with Crippen LogP contribution in [0.5, 0.6) is 0 Å². The Kier molecular flexibility index (Phi) is 1.56. The van der Waals surface area contributed by atoms with Gasteiger partial charge < -0.3 is 4.98 Å². The Balaban J connectivity index is 2.70. The van der Waals surface area contributed by atoms with Crippen LogP contribution in [0.1, 0.15) is 17.7 Å². The van der Waals surface area contributed by atoms with Crippen molar-refractivity contribution in [3.05, 3.63) is 26.3 Å². The number of rotatable bonds is 0. The van der Waals surface area contributed by atoms with Crippen LogP contribution in [-0.2, 0) is 12.8 Å². The van der Waals surface area contributed by atoms with Gasteiger partial charge in [-0.3, -0.25) is 4.79 Å². The minimum Gasteiger partial charge on any atom is -0.301 e. The number of halogens is 1. The van der Waals surface area contributed by atoms with Crippen molar-refractivity contribution in [3.63, 3.8) is 0 Å². The SMILES string of the molecule is O=c1[nH]c(Br)nc2c1CCC2. The van der Waals surface area contributed by atoms with E-state index >= 15 is 0 Å². The number of hydrogen-bond acceptors (Lipinski definition) is 2. The summed E-state index contributed by atoms with van der Waals surface area (Å²) in [6.07, 6.45) is 2.88. The van der Waals surface area contributed by atoms with Crippen molar-refractivity contribution in [2.75, 3.05) is 0 Å². The molecule has 11 heavy (non-hydrogen) atoms. The summed E-state index contributed by atoms with van der Waals surface area (Å²) in [7, 11) is 0. The van der Waals surface area contributed by atoms with Crippen LogP contribution in [0, 0.1) is 0 Å². The summed E-state index contributed by atoms with van der Waals surface area (Å²) >= 11 is 3.15. The standard InChI is InChI=1S/C7H7BrN2O/c8-7-9-5-3-1-2-4(5)6(11)10-7/h1-3H2,(H,9,10,11). The summed E-state index contributed by atoms with van der Waals surface area (Å²) in [5, 5.41) is 0. The molecule has 0 amide bonds. The fourth-order valence-electron chi connectivity index (χ4n) is 1.41. The van der Waals surface area contributed by atoms with Gasteiger partial charge in [-0.15, -0.1) is 0 Å². The summed E-state index contributed by atoms with van der Waals surface area (Å²) in [6, 6.07) is 0. The van der Waals surface area contributed by atoms with Gasteiger partial charge in [0.15, 0.2) is 4.73 Å². The van der Waals surface area contributed by atoms with Crippen molar-refractivity contribution in [2.24, 2.45) is 0 Å². The van der Waals surface area contributed by atoms with E-state index in [0.717, 1.165) is 30.5 Å². The van der Waals surface area contributed by atoms with Crippen molar-refractivity contribution >= 4 is 15.9 Å². The van der Waals surface area contributed by atoms with Gasteiger partial charge in [-0.2, -0.15) is 0 Å². The lowest BCUT2D eigenvalue weighted by Gasteiger charge is -1.95. The molecule has 1 aliphatic rings. The maximum absolute atomic E-state index is 11.2. The maximum atomic E-state index is 11.2. The third kappa shape index (κ3) is 1.11. The van der Waals surface area contributed by atoms with Crippen LogP contribution < -0.4 is 5.56 Å². The minimum atomic E-state index is 0.0133. The van der Waals surface area contributed by atoms with E-state index < -0.39 is 0 Å². The number of nitrogens with one attached hydrogen (secondary N) is 1. The molecule has 58 valence electrons. The lowest BCUT2D eigenvalue weighted by molar-refractivity contribution is 0.897. The number of aromatic amines is 1. The largest absolute Gasteiger partial charge is 0.301 e. The summed E-state index contributed by atoms with van der Waals surface area (Å²) in [6.45, 7) is 0. The molecule has 0 atom stereocenters. The highest BCUT2D eigenvalue weighted by atomic mass is 79.9. The predicted octanol–water partition coefficient (Wildman–Crippen LogP) is 1.02. The van der Waals surface area contributed by atoms with Gasteiger partial charge in [0.1, 0.15) is 0 Å². The first-order chi connectivity index (χ1) is 5.27. The first-order valence-electron chi connectivity index (χ1n) is 3.55. The molecular weight excluding hydrogens is 208 g/mol. The smallest absolute Gasteiger partial charge is 0.254 e. The molecule has 0 bridgehead atoms. The Morgan fingerprint density at radius 3 is 3.09 bits per heavy atom. The zero-order chi connectivity index (χ0) is 7.84. The van der Waals surface area contributed by atoms with E-state index in [0.29, 0.717) is 4.73 Å². The summed E-state index contributed by atoms with van der Waals surface area (Å²) in [5.41, 5.74) is 1.84. The lowest BCUT2D eigenvalue weighted by Crippen LogP contribution is -2.13. The fraction of sp³-hybridized carbons (Fsp3) is 0.429. The summed E-state index contributed by atoms with van der Waals surface area (Å²) in [5.74, 6) is 0. The molecule has 1 aromatic rings. The Labute approximate surface area is 72.0 Å². The normalized spacial score (nSPS) is 15.0. The molecule has 0 aromatic carbocycles. The van der Waals surface area contributed by atoms with Gasteiger partial charge in [-0.1, -0.05) is 0 Å². The van der Waals surface area contributed by atoms with Gasteiger partial charge in [0.05, 0.1) is 5.69 Å². The monoisotopic (exact) mass is 214 g/mol. The molecule has 1 N–H and O–H groups in total. The zero-order valence-electron chi connectivity index (χ0n) is 5.85. The molecule has 2 rings (SSSR count). The molecule has 0 unspecified atom stereocenters. The molecule has 1 aliphatic carbocycles. The lowest BCUT2D eigenvalue weighted by atomic mass is 10.3. The Morgan fingerprint density at radius 1 is 1.45 bits per heavy atom. The topological polar surface area (TPSA) is 45.8 Å². The quantitative estimate of drug-likeness (QED) is 0.656. The van der Waals surface area contributed by atoms with Crippen molar-refractivity contribution < 1.29 is 0 Å². The average molecular weight is 215 g/mol. The highest BCUT2D eigenvalue weighted by Gasteiger charge is 2.15. The van der Waals surface area contributed by atoms with Gasteiger partial charge in [0, 0.05) is 5.56 Å². The highest BCUT2D eigenvalue weighted by Crippen LogP contribution is 2.16. The van der Waals surface area contributed by atoms with Crippen molar-refractivity contribution in [2.45, 2.75) is 19.3 Å². The molecule has 3 nitrogen and oxygen atoms in total. The fourth-order valence-corrected chi connectivity index (χ4v) is 1.81. The van der Waals surface area contributed by atoms with E-state index in [1.165, 1.54) is 0 Å². The first-order valence-corrected chi connectivity index (χ1v) is 4.34. The molecule has 1 heterocycles. The number of nitrogens with zero attached hydrogens (tertiary/aromatic N) is 1. The Bertz CT molecular complexity index is 345. The third-order valence-corrected chi connectivity index (χ3v) is 2.29. The van der Waals surface area contributed by atoms with Gasteiger partial charge in [0.25, 0.3) is 5.56 Å². The van der Waals surface area contributed by atoms with E-state index in [-0.39, 0.29) is 5.56 Å². The highest BCUT2D eigenvalue weighted by molar-refractivity contribution is 9.10. The van der Waals surface area contributed by atoms with Crippen LogP contribution in [0.25, 0.3) is 0 Å². The van der Waals surface area contributed by atoms with E-state index in [2.05, 4.69) is 25.9 Å². The summed E-state index contributed by atoms with van der Waals surface area (Å²) in [4.78, 5) is 18.0. The maximum Gasteiger partial charge on any atom is 0.254 e. The van der Waals surface area contributed by atoms with Gasteiger partial charge in [0.2, 0.25) is 0 Å². The van der Waals surface area contributed by atoms with Crippen LogP contribution in [0.3, 0.4) is 0 Å².